The maximum absolute atomic E-state index is 3.93. The van der Waals surface area contributed by atoms with Crippen LogP contribution in [-0.2, 0) is 0 Å². The molecule has 4 saturated carbocycles. The first-order valence-corrected chi connectivity index (χ1v) is 9.38. The molecule has 0 amide bonds. The monoisotopic (exact) mass is 277 g/mol. The molecule has 116 valence electrons. The molecular weight excluding hydrogens is 242 g/mol. The molecule has 0 aromatic rings. The second kappa shape index (κ2) is 5.99. The van der Waals surface area contributed by atoms with Crippen molar-refractivity contribution < 1.29 is 0 Å². The lowest BCUT2D eigenvalue weighted by Crippen LogP contribution is -2.56. The normalized spacial score (nSPS) is 41.9. The molecule has 1 N–H and O–H groups in total. The van der Waals surface area contributed by atoms with E-state index in [1.54, 1.807) is 38.5 Å². The van der Waals surface area contributed by atoms with E-state index in [-0.39, 0.29) is 0 Å². The van der Waals surface area contributed by atoms with Crippen LogP contribution in [0.1, 0.15) is 78.6 Å². The van der Waals surface area contributed by atoms with Gasteiger partial charge < -0.3 is 5.32 Å². The molecule has 0 aromatic heterocycles. The standard InChI is InChI=1S/C19H35N/c1-4-6-14(3)7-18(20-5-2)19-11-15-8-16(12-19)10-17(9-15)13-19/h14-18,20H,4-13H2,1-3H3. The van der Waals surface area contributed by atoms with Gasteiger partial charge in [0.05, 0.1) is 0 Å². The Morgan fingerprint density at radius 3 is 2.00 bits per heavy atom. The van der Waals surface area contributed by atoms with Crippen LogP contribution in [0, 0.1) is 29.1 Å². The van der Waals surface area contributed by atoms with Gasteiger partial charge in [-0.3, -0.25) is 0 Å². The summed E-state index contributed by atoms with van der Waals surface area (Å²) in [6.07, 6.45) is 13.6. The zero-order valence-electron chi connectivity index (χ0n) is 14.0. The average Bonchev–Trinajstić information content (AvgIpc) is 2.37. The third-order valence-corrected chi connectivity index (χ3v) is 6.69. The Morgan fingerprint density at radius 1 is 1.00 bits per heavy atom. The van der Waals surface area contributed by atoms with Gasteiger partial charge in [0.15, 0.2) is 0 Å². The van der Waals surface area contributed by atoms with Crippen LogP contribution in [-0.4, -0.2) is 12.6 Å². The van der Waals surface area contributed by atoms with Crippen LogP contribution < -0.4 is 5.32 Å². The lowest BCUT2D eigenvalue weighted by molar-refractivity contribution is -0.0773. The van der Waals surface area contributed by atoms with Crippen molar-refractivity contribution in [2.75, 3.05) is 6.54 Å². The summed E-state index contributed by atoms with van der Waals surface area (Å²) in [6.45, 7) is 8.28. The van der Waals surface area contributed by atoms with Gasteiger partial charge in [0.25, 0.3) is 0 Å². The van der Waals surface area contributed by atoms with E-state index in [4.69, 9.17) is 0 Å². The van der Waals surface area contributed by atoms with Gasteiger partial charge in [0, 0.05) is 6.04 Å². The fraction of sp³-hybridized carbons (Fsp3) is 1.00. The third-order valence-electron chi connectivity index (χ3n) is 6.69. The fourth-order valence-electron chi connectivity index (χ4n) is 6.41. The molecule has 0 aromatic carbocycles. The van der Waals surface area contributed by atoms with Gasteiger partial charge in [-0.25, -0.2) is 0 Å². The Balaban J connectivity index is 1.72. The molecule has 2 unspecified atom stereocenters. The molecular formula is C19H35N. The van der Waals surface area contributed by atoms with Gasteiger partial charge in [0.1, 0.15) is 0 Å². The molecule has 0 heterocycles. The van der Waals surface area contributed by atoms with Crippen LogP contribution in [0.4, 0.5) is 0 Å². The Bertz CT molecular complexity index is 286. The second-order valence-electron chi connectivity index (χ2n) is 8.52. The largest absolute Gasteiger partial charge is 0.314 e. The van der Waals surface area contributed by atoms with Crippen LogP contribution in [0.3, 0.4) is 0 Å². The molecule has 0 radical (unpaired) electrons. The summed E-state index contributed by atoms with van der Waals surface area (Å²) in [7, 11) is 0. The summed E-state index contributed by atoms with van der Waals surface area (Å²) in [6, 6.07) is 0.808. The zero-order chi connectivity index (χ0) is 14.2. The van der Waals surface area contributed by atoms with Crippen molar-refractivity contribution in [3.05, 3.63) is 0 Å². The van der Waals surface area contributed by atoms with Gasteiger partial charge in [-0.2, -0.15) is 0 Å². The minimum absolute atomic E-state index is 0.687. The van der Waals surface area contributed by atoms with E-state index >= 15 is 0 Å². The molecule has 4 rings (SSSR count). The minimum Gasteiger partial charge on any atom is -0.314 e. The van der Waals surface area contributed by atoms with Crippen molar-refractivity contribution in [2.45, 2.75) is 84.6 Å². The number of nitrogens with one attached hydrogen (secondary N) is 1. The van der Waals surface area contributed by atoms with Crippen molar-refractivity contribution in [1.29, 1.82) is 0 Å². The highest BCUT2D eigenvalue weighted by atomic mass is 14.9. The molecule has 4 aliphatic carbocycles. The predicted molar refractivity (Wildman–Crippen MR) is 86.8 cm³/mol. The molecule has 2 atom stereocenters. The van der Waals surface area contributed by atoms with Crippen LogP contribution in [0.2, 0.25) is 0 Å². The topological polar surface area (TPSA) is 12.0 Å². The maximum Gasteiger partial charge on any atom is 0.0126 e. The van der Waals surface area contributed by atoms with Gasteiger partial charge in [-0.1, -0.05) is 33.6 Å². The van der Waals surface area contributed by atoms with Crippen molar-refractivity contribution in [1.82, 2.24) is 5.32 Å². The molecule has 4 fully saturated rings. The van der Waals surface area contributed by atoms with Gasteiger partial charge in [-0.15, -0.1) is 0 Å². The quantitative estimate of drug-likeness (QED) is 0.690. The Hall–Kier alpha value is -0.0400. The van der Waals surface area contributed by atoms with Gasteiger partial charge in [-0.05, 0) is 80.6 Å². The molecule has 4 aliphatic rings. The first kappa shape index (κ1) is 14.9. The molecule has 0 saturated heterocycles. The maximum atomic E-state index is 3.93. The highest BCUT2D eigenvalue weighted by molar-refractivity contribution is 5.06. The first-order valence-electron chi connectivity index (χ1n) is 9.38. The average molecular weight is 277 g/mol. The van der Waals surface area contributed by atoms with Crippen molar-refractivity contribution in [3.8, 4) is 0 Å². The van der Waals surface area contributed by atoms with E-state index in [9.17, 15) is 0 Å². The lowest BCUT2D eigenvalue weighted by Gasteiger charge is -2.60. The van der Waals surface area contributed by atoms with Crippen molar-refractivity contribution in [2.24, 2.45) is 29.1 Å². The number of hydrogen-bond acceptors (Lipinski definition) is 1. The molecule has 0 spiro atoms. The molecule has 1 heteroatoms. The number of hydrogen-bond donors (Lipinski definition) is 1. The summed E-state index contributed by atoms with van der Waals surface area (Å²) in [5.41, 5.74) is 0.687. The van der Waals surface area contributed by atoms with Crippen LogP contribution in [0.15, 0.2) is 0 Å². The Kier molecular flexibility index (Phi) is 4.45. The minimum atomic E-state index is 0.687. The fourth-order valence-corrected chi connectivity index (χ4v) is 6.41. The van der Waals surface area contributed by atoms with Gasteiger partial charge >= 0.3 is 0 Å². The van der Waals surface area contributed by atoms with E-state index in [2.05, 4.69) is 26.1 Å². The third kappa shape index (κ3) is 2.80. The van der Waals surface area contributed by atoms with Gasteiger partial charge in [0.2, 0.25) is 0 Å². The SMILES string of the molecule is CCCC(C)CC(NCC)C12CC3CC(CC(C3)C1)C2. The lowest BCUT2D eigenvalue weighted by atomic mass is 9.47. The van der Waals surface area contributed by atoms with E-state index in [1.165, 1.54) is 19.3 Å². The van der Waals surface area contributed by atoms with Crippen LogP contribution in [0.5, 0.6) is 0 Å². The summed E-state index contributed by atoms with van der Waals surface area (Å²) in [5, 5.41) is 3.93. The molecule has 0 aliphatic heterocycles. The van der Waals surface area contributed by atoms with E-state index in [1.807, 2.05) is 0 Å². The summed E-state index contributed by atoms with van der Waals surface area (Å²) >= 11 is 0. The predicted octanol–water partition coefficient (Wildman–Crippen LogP) is 5.01. The first-order chi connectivity index (χ1) is 9.65. The Morgan fingerprint density at radius 2 is 1.55 bits per heavy atom. The second-order valence-corrected chi connectivity index (χ2v) is 8.52. The van der Waals surface area contributed by atoms with Crippen molar-refractivity contribution in [3.63, 3.8) is 0 Å². The molecule has 20 heavy (non-hydrogen) atoms. The smallest absolute Gasteiger partial charge is 0.0126 e. The summed E-state index contributed by atoms with van der Waals surface area (Å²) < 4.78 is 0. The van der Waals surface area contributed by atoms with E-state index < -0.39 is 0 Å². The summed E-state index contributed by atoms with van der Waals surface area (Å²) in [5.74, 6) is 4.16. The highest BCUT2D eigenvalue weighted by Crippen LogP contribution is 2.61. The van der Waals surface area contributed by atoms with E-state index in [0.717, 1.165) is 36.3 Å². The summed E-state index contributed by atoms with van der Waals surface area (Å²) in [4.78, 5) is 0. The van der Waals surface area contributed by atoms with Crippen LogP contribution >= 0.6 is 0 Å². The zero-order valence-corrected chi connectivity index (χ0v) is 14.0. The van der Waals surface area contributed by atoms with Crippen LogP contribution in [0.25, 0.3) is 0 Å². The highest BCUT2D eigenvalue weighted by Gasteiger charge is 2.53. The van der Waals surface area contributed by atoms with Crippen molar-refractivity contribution >= 4 is 0 Å². The molecule has 4 bridgehead atoms. The number of rotatable bonds is 7. The van der Waals surface area contributed by atoms with E-state index in [0.29, 0.717) is 5.41 Å². The Labute approximate surface area is 126 Å². The molecule has 1 nitrogen and oxygen atoms in total.